The molecule has 0 amide bonds. The van der Waals surface area contributed by atoms with Gasteiger partial charge in [0.25, 0.3) is 0 Å². The maximum absolute atomic E-state index is 13.6. The molecule has 0 spiro atoms. The number of rotatable bonds is 2. The van der Waals surface area contributed by atoms with Crippen molar-refractivity contribution in [3.8, 4) is 5.75 Å². The number of aliphatic hydroxyl groups excluding tert-OH is 1. The normalized spacial score (nSPS) is 19.1. The quantitative estimate of drug-likeness (QED) is 0.914. The van der Waals surface area contributed by atoms with E-state index in [1.54, 1.807) is 30.8 Å². The SMILES string of the molecule is Cc1ccc(C(O)C2CSc3ccccc3O2)cc1F. The van der Waals surface area contributed by atoms with Crippen LogP contribution in [0, 0.1) is 12.7 Å². The minimum atomic E-state index is -0.828. The van der Waals surface area contributed by atoms with Crippen LogP contribution in [-0.2, 0) is 0 Å². The fourth-order valence-electron chi connectivity index (χ4n) is 2.20. The van der Waals surface area contributed by atoms with Crippen molar-refractivity contribution in [1.82, 2.24) is 0 Å². The first-order valence-corrected chi connectivity index (χ1v) is 7.46. The largest absolute Gasteiger partial charge is 0.485 e. The topological polar surface area (TPSA) is 29.5 Å². The van der Waals surface area contributed by atoms with Crippen molar-refractivity contribution in [3.63, 3.8) is 0 Å². The Hall–Kier alpha value is -1.52. The zero-order valence-corrected chi connectivity index (χ0v) is 11.9. The molecule has 1 aliphatic rings. The van der Waals surface area contributed by atoms with Gasteiger partial charge in [-0.05, 0) is 36.2 Å². The zero-order chi connectivity index (χ0) is 14.1. The lowest BCUT2D eigenvalue weighted by Crippen LogP contribution is -2.30. The Labute approximate surface area is 121 Å². The van der Waals surface area contributed by atoms with Crippen molar-refractivity contribution >= 4 is 11.8 Å². The molecule has 104 valence electrons. The monoisotopic (exact) mass is 290 g/mol. The van der Waals surface area contributed by atoms with Crippen molar-refractivity contribution in [3.05, 3.63) is 59.4 Å². The fourth-order valence-corrected chi connectivity index (χ4v) is 3.23. The second-order valence-electron chi connectivity index (χ2n) is 4.87. The van der Waals surface area contributed by atoms with Crippen LogP contribution in [0.25, 0.3) is 0 Å². The number of hydrogen-bond donors (Lipinski definition) is 1. The van der Waals surface area contributed by atoms with Crippen LogP contribution in [-0.4, -0.2) is 17.0 Å². The highest BCUT2D eigenvalue weighted by atomic mass is 32.2. The Balaban J connectivity index is 1.82. The van der Waals surface area contributed by atoms with Crippen LogP contribution in [0.3, 0.4) is 0 Å². The second-order valence-corrected chi connectivity index (χ2v) is 5.93. The van der Waals surface area contributed by atoms with Gasteiger partial charge in [0.2, 0.25) is 0 Å². The molecule has 2 aromatic rings. The first kappa shape index (κ1) is 13.5. The zero-order valence-electron chi connectivity index (χ0n) is 11.0. The number of para-hydroxylation sites is 1. The van der Waals surface area contributed by atoms with Gasteiger partial charge in [0.15, 0.2) is 0 Å². The number of hydrogen-bond acceptors (Lipinski definition) is 3. The first-order valence-electron chi connectivity index (χ1n) is 6.48. The summed E-state index contributed by atoms with van der Waals surface area (Å²) in [7, 11) is 0. The summed E-state index contributed by atoms with van der Waals surface area (Å²) in [5, 5.41) is 10.4. The maximum Gasteiger partial charge on any atom is 0.138 e. The Kier molecular flexibility index (Phi) is 3.68. The maximum atomic E-state index is 13.6. The Morgan fingerprint density at radius 1 is 1.30 bits per heavy atom. The van der Waals surface area contributed by atoms with Crippen LogP contribution >= 0.6 is 11.8 Å². The van der Waals surface area contributed by atoms with Gasteiger partial charge >= 0.3 is 0 Å². The highest BCUT2D eigenvalue weighted by molar-refractivity contribution is 7.99. The molecule has 3 rings (SSSR count). The van der Waals surface area contributed by atoms with E-state index in [-0.39, 0.29) is 11.9 Å². The van der Waals surface area contributed by atoms with Crippen LogP contribution < -0.4 is 4.74 Å². The van der Waals surface area contributed by atoms with Crippen molar-refractivity contribution < 1.29 is 14.2 Å². The molecule has 2 aromatic carbocycles. The number of thioether (sulfide) groups is 1. The van der Waals surface area contributed by atoms with Gasteiger partial charge in [0.05, 0.1) is 0 Å². The molecule has 0 saturated carbocycles. The number of ether oxygens (including phenoxy) is 1. The third-order valence-corrected chi connectivity index (χ3v) is 4.56. The summed E-state index contributed by atoms with van der Waals surface area (Å²) in [4.78, 5) is 1.08. The van der Waals surface area contributed by atoms with Gasteiger partial charge in [-0.15, -0.1) is 11.8 Å². The van der Waals surface area contributed by atoms with E-state index >= 15 is 0 Å². The van der Waals surface area contributed by atoms with E-state index in [0.29, 0.717) is 16.9 Å². The van der Waals surface area contributed by atoms with Gasteiger partial charge in [-0.25, -0.2) is 4.39 Å². The van der Waals surface area contributed by atoms with Crippen molar-refractivity contribution in [2.75, 3.05) is 5.75 Å². The van der Waals surface area contributed by atoms with Crippen LogP contribution in [0.1, 0.15) is 17.2 Å². The van der Waals surface area contributed by atoms with E-state index in [1.807, 2.05) is 24.3 Å². The van der Waals surface area contributed by atoms with Gasteiger partial charge in [-0.1, -0.05) is 24.3 Å². The first-order chi connectivity index (χ1) is 9.65. The van der Waals surface area contributed by atoms with Crippen molar-refractivity contribution in [2.24, 2.45) is 0 Å². The smallest absolute Gasteiger partial charge is 0.138 e. The van der Waals surface area contributed by atoms with Gasteiger partial charge in [0, 0.05) is 10.6 Å². The van der Waals surface area contributed by atoms with Gasteiger partial charge in [-0.2, -0.15) is 0 Å². The van der Waals surface area contributed by atoms with Crippen molar-refractivity contribution in [1.29, 1.82) is 0 Å². The summed E-state index contributed by atoms with van der Waals surface area (Å²) in [5.41, 5.74) is 1.13. The van der Waals surface area contributed by atoms with Gasteiger partial charge in [0.1, 0.15) is 23.8 Å². The van der Waals surface area contributed by atoms with Gasteiger partial charge < -0.3 is 9.84 Å². The second kappa shape index (κ2) is 5.46. The molecule has 0 fully saturated rings. The molecule has 0 aromatic heterocycles. The molecule has 20 heavy (non-hydrogen) atoms. The van der Waals surface area contributed by atoms with E-state index in [9.17, 15) is 9.50 Å². The minimum absolute atomic E-state index is 0.301. The molecule has 4 heteroatoms. The van der Waals surface area contributed by atoms with Gasteiger partial charge in [-0.3, -0.25) is 0 Å². The average Bonchev–Trinajstić information content (AvgIpc) is 2.49. The molecule has 0 aliphatic carbocycles. The number of fused-ring (bicyclic) bond motifs is 1. The number of aliphatic hydroxyl groups is 1. The summed E-state index contributed by atoms with van der Waals surface area (Å²) in [6.45, 7) is 1.70. The van der Waals surface area contributed by atoms with E-state index in [4.69, 9.17) is 4.74 Å². The number of benzene rings is 2. The summed E-state index contributed by atoms with van der Waals surface area (Å²) in [6, 6.07) is 12.6. The summed E-state index contributed by atoms with van der Waals surface area (Å²) in [5.74, 6) is 1.12. The van der Waals surface area contributed by atoms with Crippen LogP contribution in [0.15, 0.2) is 47.4 Å². The Morgan fingerprint density at radius 3 is 2.90 bits per heavy atom. The number of aryl methyl sites for hydroxylation is 1. The fraction of sp³-hybridized carbons (Fsp3) is 0.250. The summed E-state index contributed by atoms with van der Waals surface area (Å²) in [6.07, 6.45) is -1.19. The minimum Gasteiger partial charge on any atom is -0.485 e. The standard InChI is InChI=1S/C16H15FO2S/c1-10-6-7-11(8-12(10)17)16(18)14-9-20-15-5-3-2-4-13(15)19-14/h2-8,14,16,18H,9H2,1H3. The molecule has 1 N–H and O–H groups in total. The van der Waals surface area contributed by atoms with Crippen LogP contribution in [0.5, 0.6) is 5.75 Å². The molecule has 0 bridgehead atoms. The Morgan fingerprint density at radius 2 is 2.10 bits per heavy atom. The van der Waals surface area contributed by atoms with Crippen LogP contribution in [0.2, 0.25) is 0 Å². The van der Waals surface area contributed by atoms with Crippen molar-refractivity contribution in [2.45, 2.75) is 24.0 Å². The highest BCUT2D eigenvalue weighted by Gasteiger charge is 2.28. The molecular formula is C16H15FO2S. The average molecular weight is 290 g/mol. The molecular weight excluding hydrogens is 275 g/mol. The molecule has 0 saturated heterocycles. The summed E-state index contributed by atoms with van der Waals surface area (Å²) >= 11 is 1.65. The number of halogens is 1. The van der Waals surface area contributed by atoms with E-state index in [0.717, 1.165) is 10.6 Å². The molecule has 0 radical (unpaired) electrons. The lowest BCUT2D eigenvalue weighted by Gasteiger charge is -2.29. The van der Waals surface area contributed by atoms with E-state index in [2.05, 4.69) is 0 Å². The lowest BCUT2D eigenvalue weighted by molar-refractivity contribution is 0.0455. The third kappa shape index (κ3) is 2.53. The predicted molar refractivity (Wildman–Crippen MR) is 77.7 cm³/mol. The molecule has 2 unspecified atom stereocenters. The Bertz CT molecular complexity index is 630. The predicted octanol–water partition coefficient (Wildman–Crippen LogP) is 3.72. The molecule has 1 aliphatic heterocycles. The highest BCUT2D eigenvalue weighted by Crippen LogP contribution is 2.38. The van der Waals surface area contributed by atoms with E-state index in [1.165, 1.54) is 6.07 Å². The molecule has 1 heterocycles. The van der Waals surface area contributed by atoms with E-state index < -0.39 is 6.10 Å². The lowest BCUT2D eigenvalue weighted by atomic mass is 10.0. The molecule has 2 nitrogen and oxygen atoms in total. The third-order valence-electron chi connectivity index (χ3n) is 3.42. The molecule has 2 atom stereocenters. The van der Waals surface area contributed by atoms with Crippen LogP contribution in [0.4, 0.5) is 4.39 Å². The summed E-state index contributed by atoms with van der Waals surface area (Å²) < 4.78 is 19.4.